The van der Waals surface area contributed by atoms with E-state index in [0.29, 0.717) is 5.82 Å². The maximum absolute atomic E-state index is 12.2. The van der Waals surface area contributed by atoms with Gasteiger partial charge in [0, 0.05) is 39.4 Å². The number of aromatic nitrogens is 1. The first kappa shape index (κ1) is 11.9. The Morgan fingerprint density at radius 1 is 1.29 bits per heavy atom. The predicted molar refractivity (Wildman–Crippen MR) is 67.1 cm³/mol. The normalized spacial score (nSPS) is 16.9. The molecular weight excluding hydrogens is 216 g/mol. The molecule has 0 bridgehead atoms. The van der Waals surface area contributed by atoms with Crippen LogP contribution in [0.15, 0.2) is 24.4 Å². The third-order valence-corrected chi connectivity index (χ3v) is 3.05. The summed E-state index contributed by atoms with van der Waals surface area (Å²) in [6, 6.07) is 5.60. The van der Waals surface area contributed by atoms with Crippen molar-refractivity contribution in [1.82, 2.24) is 14.8 Å². The van der Waals surface area contributed by atoms with Gasteiger partial charge in [-0.1, -0.05) is 6.07 Å². The van der Waals surface area contributed by atoms with Crippen molar-refractivity contribution in [3.8, 4) is 0 Å². The van der Waals surface area contributed by atoms with Crippen LogP contribution in [0.4, 0.5) is 10.6 Å². The number of nitrogens with zero attached hydrogens (tertiary/aromatic N) is 4. The Hall–Kier alpha value is -1.62. The first-order chi connectivity index (χ1) is 8.18. The van der Waals surface area contributed by atoms with Gasteiger partial charge in [-0.05, 0) is 19.2 Å². The van der Waals surface area contributed by atoms with Crippen LogP contribution >= 0.6 is 0 Å². The number of hydrogen-bond donors (Lipinski definition) is 0. The van der Waals surface area contributed by atoms with Gasteiger partial charge in [-0.25, -0.2) is 9.78 Å². The molecule has 2 heterocycles. The van der Waals surface area contributed by atoms with Gasteiger partial charge < -0.3 is 9.80 Å². The summed E-state index contributed by atoms with van der Waals surface area (Å²) in [5.41, 5.74) is 0. The topological polar surface area (TPSA) is 39.7 Å². The summed E-state index contributed by atoms with van der Waals surface area (Å²) in [5, 5.41) is 0. The molecule has 0 spiro atoms. The summed E-state index contributed by atoms with van der Waals surface area (Å²) in [5.74, 6) is 0.691. The molecule has 1 saturated heterocycles. The second-order valence-electron chi connectivity index (χ2n) is 4.32. The molecule has 5 nitrogen and oxygen atoms in total. The number of piperazine rings is 1. The lowest BCUT2D eigenvalue weighted by Gasteiger charge is -2.34. The number of hydrogen-bond acceptors (Lipinski definition) is 3. The molecule has 2 amide bonds. The van der Waals surface area contributed by atoms with Crippen LogP contribution < -0.4 is 4.90 Å². The lowest BCUT2D eigenvalue weighted by Crippen LogP contribution is -2.51. The SMILES string of the molecule is CN1CCN(C(=O)N(C)c2ccccn2)CC1. The van der Waals surface area contributed by atoms with E-state index in [4.69, 9.17) is 0 Å². The van der Waals surface area contributed by atoms with Gasteiger partial charge >= 0.3 is 6.03 Å². The third-order valence-electron chi connectivity index (χ3n) is 3.05. The molecule has 1 aliphatic rings. The van der Waals surface area contributed by atoms with Gasteiger partial charge in [0.05, 0.1) is 0 Å². The van der Waals surface area contributed by atoms with Crippen molar-refractivity contribution in [2.75, 3.05) is 45.2 Å². The van der Waals surface area contributed by atoms with Crippen LogP contribution in [0.2, 0.25) is 0 Å². The lowest BCUT2D eigenvalue weighted by atomic mass is 10.3. The summed E-state index contributed by atoms with van der Waals surface area (Å²) < 4.78 is 0. The molecule has 0 N–H and O–H groups in total. The van der Waals surface area contributed by atoms with E-state index in [1.807, 2.05) is 23.1 Å². The molecule has 0 aromatic carbocycles. The van der Waals surface area contributed by atoms with Crippen LogP contribution in [0.25, 0.3) is 0 Å². The molecule has 92 valence electrons. The number of urea groups is 1. The van der Waals surface area contributed by atoms with Gasteiger partial charge in [-0.2, -0.15) is 0 Å². The highest BCUT2D eigenvalue weighted by Gasteiger charge is 2.22. The van der Waals surface area contributed by atoms with Crippen LogP contribution in [-0.2, 0) is 0 Å². The number of carbonyl (C=O) groups is 1. The zero-order valence-corrected chi connectivity index (χ0v) is 10.3. The van der Waals surface area contributed by atoms with E-state index in [0.717, 1.165) is 26.2 Å². The van der Waals surface area contributed by atoms with E-state index in [-0.39, 0.29) is 6.03 Å². The summed E-state index contributed by atoms with van der Waals surface area (Å²) >= 11 is 0. The number of anilines is 1. The smallest absolute Gasteiger partial charge is 0.322 e. The summed E-state index contributed by atoms with van der Waals surface area (Å²) in [6.07, 6.45) is 1.70. The molecule has 0 saturated carbocycles. The molecular formula is C12H18N4O. The Morgan fingerprint density at radius 2 is 2.00 bits per heavy atom. The Labute approximate surface area is 102 Å². The molecule has 0 unspecified atom stereocenters. The fourth-order valence-electron chi connectivity index (χ4n) is 1.86. The molecule has 1 aromatic rings. The largest absolute Gasteiger partial charge is 0.325 e. The highest BCUT2D eigenvalue weighted by Crippen LogP contribution is 2.11. The highest BCUT2D eigenvalue weighted by molar-refractivity contribution is 5.90. The fourth-order valence-corrected chi connectivity index (χ4v) is 1.86. The number of amides is 2. The van der Waals surface area contributed by atoms with Crippen molar-refractivity contribution in [2.45, 2.75) is 0 Å². The first-order valence-electron chi connectivity index (χ1n) is 5.80. The summed E-state index contributed by atoms with van der Waals surface area (Å²) in [6.45, 7) is 3.43. The summed E-state index contributed by atoms with van der Waals surface area (Å²) in [4.78, 5) is 22.1. The Balaban J connectivity index is 2.00. The Bertz CT molecular complexity index is 373. The average Bonchev–Trinajstić information content (AvgIpc) is 2.39. The second kappa shape index (κ2) is 5.14. The monoisotopic (exact) mass is 234 g/mol. The Kier molecular flexibility index (Phi) is 3.58. The van der Waals surface area contributed by atoms with Crippen LogP contribution in [-0.4, -0.2) is 61.1 Å². The van der Waals surface area contributed by atoms with E-state index in [2.05, 4.69) is 16.9 Å². The van der Waals surface area contributed by atoms with Crippen molar-refractivity contribution in [3.63, 3.8) is 0 Å². The van der Waals surface area contributed by atoms with Crippen molar-refractivity contribution >= 4 is 11.8 Å². The van der Waals surface area contributed by atoms with E-state index >= 15 is 0 Å². The molecule has 2 rings (SSSR count). The van der Waals surface area contributed by atoms with E-state index in [1.165, 1.54) is 0 Å². The standard InChI is InChI=1S/C12H18N4O/c1-14-7-9-16(10-8-14)12(17)15(2)11-5-3-4-6-13-11/h3-6H,7-10H2,1-2H3. The van der Waals surface area contributed by atoms with Crippen LogP contribution in [0.1, 0.15) is 0 Å². The van der Waals surface area contributed by atoms with E-state index in [1.54, 1.807) is 18.1 Å². The number of rotatable bonds is 1. The van der Waals surface area contributed by atoms with Gasteiger partial charge in [-0.3, -0.25) is 4.90 Å². The van der Waals surface area contributed by atoms with Crippen LogP contribution in [0, 0.1) is 0 Å². The van der Waals surface area contributed by atoms with E-state index in [9.17, 15) is 4.79 Å². The van der Waals surface area contributed by atoms with Gasteiger partial charge in [-0.15, -0.1) is 0 Å². The first-order valence-corrected chi connectivity index (χ1v) is 5.80. The van der Waals surface area contributed by atoms with Gasteiger partial charge in [0.1, 0.15) is 5.82 Å². The zero-order chi connectivity index (χ0) is 12.3. The maximum Gasteiger partial charge on any atom is 0.325 e. The second-order valence-corrected chi connectivity index (χ2v) is 4.32. The fraction of sp³-hybridized carbons (Fsp3) is 0.500. The molecule has 0 aliphatic carbocycles. The Morgan fingerprint density at radius 3 is 2.59 bits per heavy atom. The molecule has 0 atom stereocenters. The minimum Gasteiger partial charge on any atom is -0.322 e. The molecule has 0 radical (unpaired) electrons. The minimum atomic E-state index is 0.0248. The quantitative estimate of drug-likeness (QED) is 0.724. The van der Waals surface area contributed by atoms with Gasteiger partial charge in [0.2, 0.25) is 0 Å². The number of carbonyl (C=O) groups excluding carboxylic acids is 1. The van der Waals surface area contributed by atoms with Gasteiger partial charge in [0.15, 0.2) is 0 Å². The van der Waals surface area contributed by atoms with Crippen LogP contribution in [0.3, 0.4) is 0 Å². The molecule has 5 heteroatoms. The van der Waals surface area contributed by atoms with Crippen molar-refractivity contribution in [3.05, 3.63) is 24.4 Å². The minimum absolute atomic E-state index is 0.0248. The van der Waals surface area contributed by atoms with Crippen molar-refractivity contribution in [2.24, 2.45) is 0 Å². The number of likely N-dealkylation sites (N-methyl/N-ethyl adjacent to an activating group) is 1. The zero-order valence-electron chi connectivity index (χ0n) is 10.3. The van der Waals surface area contributed by atoms with Gasteiger partial charge in [0.25, 0.3) is 0 Å². The van der Waals surface area contributed by atoms with Crippen molar-refractivity contribution < 1.29 is 4.79 Å². The third kappa shape index (κ3) is 2.74. The molecule has 1 aliphatic heterocycles. The van der Waals surface area contributed by atoms with Crippen LogP contribution in [0.5, 0.6) is 0 Å². The average molecular weight is 234 g/mol. The highest BCUT2D eigenvalue weighted by atomic mass is 16.2. The van der Waals surface area contributed by atoms with Crippen molar-refractivity contribution in [1.29, 1.82) is 0 Å². The summed E-state index contributed by atoms with van der Waals surface area (Å²) in [7, 11) is 3.84. The van der Waals surface area contributed by atoms with E-state index < -0.39 is 0 Å². The maximum atomic E-state index is 12.2. The predicted octanol–water partition coefficient (Wildman–Crippen LogP) is 0.885. The lowest BCUT2D eigenvalue weighted by molar-refractivity contribution is 0.160. The molecule has 17 heavy (non-hydrogen) atoms. The molecule has 1 fully saturated rings. The molecule has 1 aromatic heterocycles. The number of pyridine rings is 1.